The number of hydrogen-bond donors (Lipinski definition) is 2. The highest BCUT2D eigenvalue weighted by Gasteiger charge is 2.65. The van der Waals surface area contributed by atoms with E-state index in [2.05, 4.69) is 26.8 Å². The molecule has 0 aliphatic carbocycles. The van der Waals surface area contributed by atoms with Gasteiger partial charge in [-0.2, -0.15) is 10.4 Å². The van der Waals surface area contributed by atoms with Crippen molar-refractivity contribution >= 4 is 23.3 Å². The molecular weight excluding hydrogens is 608 g/mol. The topological polar surface area (TPSA) is 171 Å². The average molecular weight is 649 g/mol. The van der Waals surface area contributed by atoms with Gasteiger partial charge in [-0.05, 0) is 64.8 Å². The summed E-state index contributed by atoms with van der Waals surface area (Å²) in [6, 6.07) is 14.2. The summed E-state index contributed by atoms with van der Waals surface area (Å²) in [7, 11) is 0. The summed E-state index contributed by atoms with van der Waals surface area (Å²) in [6.45, 7) is 12.9. The van der Waals surface area contributed by atoms with Crippen LogP contribution in [-0.2, 0) is 34.0 Å². The van der Waals surface area contributed by atoms with E-state index in [4.69, 9.17) is 28.4 Å². The lowest BCUT2D eigenvalue weighted by molar-refractivity contribution is -0.208. The number of aromatic nitrogens is 3. The van der Waals surface area contributed by atoms with Gasteiger partial charge in [-0.15, -0.1) is 0 Å². The Morgan fingerprint density at radius 3 is 2.53 bits per heavy atom. The summed E-state index contributed by atoms with van der Waals surface area (Å²) < 4.78 is 37.9. The van der Waals surface area contributed by atoms with Gasteiger partial charge in [0.2, 0.25) is 5.60 Å². The highest BCUT2D eigenvalue weighted by Crippen LogP contribution is 2.49. The van der Waals surface area contributed by atoms with Crippen molar-refractivity contribution in [1.29, 1.82) is 5.26 Å². The van der Waals surface area contributed by atoms with Crippen LogP contribution in [0.3, 0.4) is 0 Å². The lowest BCUT2D eigenvalue weighted by Gasteiger charge is -2.29. The largest absolute Gasteiger partial charge is 0.444 e. The first-order valence-electron chi connectivity index (χ1n) is 15.6. The van der Waals surface area contributed by atoms with Crippen molar-refractivity contribution in [2.24, 2.45) is 5.92 Å². The Labute approximate surface area is 272 Å². The molecule has 1 aromatic carbocycles. The smallest absolute Gasteiger partial charge is 0.407 e. The zero-order valence-electron chi connectivity index (χ0n) is 27.4. The third kappa shape index (κ3) is 6.54. The molecule has 5 heterocycles. The van der Waals surface area contributed by atoms with Gasteiger partial charge in [0.1, 0.15) is 47.9 Å². The summed E-state index contributed by atoms with van der Waals surface area (Å²) in [5.74, 6) is -1.04. The lowest BCUT2D eigenvalue weighted by Crippen LogP contribution is -2.45. The molecule has 250 valence electrons. The Kier molecular flexibility index (Phi) is 8.48. The van der Waals surface area contributed by atoms with Crippen LogP contribution >= 0.6 is 0 Å². The molecule has 0 bridgehead atoms. The molecule has 3 saturated heterocycles. The molecule has 0 radical (unpaired) electrons. The van der Waals surface area contributed by atoms with E-state index in [-0.39, 0.29) is 30.3 Å². The molecular formula is C33H40N6O8. The number of epoxide rings is 1. The average Bonchev–Trinajstić information content (AvgIpc) is 3.35. The van der Waals surface area contributed by atoms with Crippen LogP contribution in [0.25, 0.3) is 5.52 Å². The van der Waals surface area contributed by atoms with E-state index in [1.165, 1.54) is 10.8 Å². The Hall–Kier alpha value is -4.13. The summed E-state index contributed by atoms with van der Waals surface area (Å²) in [6.07, 6.45) is -2.44. The molecule has 0 saturated carbocycles. The second-order valence-corrected chi connectivity index (χ2v) is 13.7. The maximum Gasteiger partial charge on any atom is 0.407 e. The molecule has 2 N–H and O–H groups in total. The molecule has 14 heteroatoms. The lowest BCUT2D eigenvalue weighted by atomic mass is 9.92. The number of nitriles is 1. The zero-order chi connectivity index (χ0) is 33.7. The van der Waals surface area contributed by atoms with Crippen molar-refractivity contribution in [3.8, 4) is 6.07 Å². The molecule has 3 fully saturated rings. The van der Waals surface area contributed by atoms with Crippen LogP contribution in [0.15, 0.2) is 48.8 Å². The van der Waals surface area contributed by atoms with Crippen molar-refractivity contribution in [1.82, 2.24) is 19.9 Å². The van der Waals surface area contributed by atoms with Crippen LogP contribution < -0.4 is 10.6 Å². The van der Waals surface area contributed by atoms with Crippen molar-refractivity contribution in [2.75, 3.05) is 11.9 Å². The van der Waals surface area contributed by atoms with Gasteiger partial charge in [-0.1, -0.05) is 32.0 Å². The van der Waals surface area contributed by atoms with Gasteiger partial charge in [-0.3, -0.25) is 4.79 Å². The number of amides is 2. The van der Waals surface area contributed by atoms with Crippen LogP contribution in [0, 0.1) is 17.2 Å². The Balaban J connectivity index is 1.20. The maximum atomic E-state index is 12.9. The highest BCUT2D eigenvalue weighted by molar-refractivity contribution is 6.05. The predicted molar refractivity (Wildman–Crippen MR) is 166 cm³/mol. The number of nitrogens with zero attached hydrogens (tertiary/aromatic N) is 4. The van der Waals surface area contributed by atoms with Gasteiger partial charge in [0.25, 0.3) is 5.91 Å². The van der Waals surface area contributed by atoms with Crippen LogP contribution in [0.2, 0.25) is 0 Å². The normalized spacial score (nSPS) is 28.4. The van der Waals surface area contributed by atoms with E-state index in [0.29, 0.717) is 16.8 Å². The molecule has 14 nitrogen and oxygen atoms in total. The molecule has 3 aliphatic rings. The number of benzene rings is 1. The van der Waals surface area contributed by atoms with E-state index >= 15 is 0 Å². The number of carbonyl (C=O) groups excluding carboxylic acids is 2. The number of hydrogen-bond acceptors (Lipinski definition) is 11. The molecule has 6 rings (SSSR count). The first kappa shape index (κ1) is 32.8. The molecule has 0 spiro atoms. The Bertz CT molecular complexity index is 1680. The third-order valence-electron chi connectivity index (χ3n) is 8.16. The number of fused-ring (bicyclic) bond motifs is 2. The third-order valence-corrected chi connectivity index (χ3v) is 8.16. The molecule has 3 aromatic rings. The number of ether oxygens (including phenoxy) is 6. The van der Waals surface area contributed by atoms with Crippen molar-refractivity contribution in [3.63, 3.8) is 0 Å². The van der Waals surface area contributed by atoms with E-state index in [1.807, 2.05) is 19.9 Å². The van der Waals surface area contributed by atoms with Crippen molar-refractivity contribution < 1.29 is 38.0 Å². The minimum absolute atomic E-state index is 0.0269. The van der Waals surface area contributed by atoms with Gasteiger partial charge < -0.3 is 39.1 Å². The number of alkyl carbamates (subject to hydrolysis) is 1. The van der Waals surface area contributed by atoms with Crippen molar-refractivity contribution in [2.45, 2.75) is 102 Å². The fourth-order valence-corrected chi connectivity index (χ4v) is 6.07. The SMILES string of the molecule is CC(C)[C@H](NC(=O)OC(C)(C)C)C1OC1OC[C@H]1O[C@@](C#N)(c2ccc3c(NC(=O)c4ccccc4)ncnn23)[C@@H]2OC(C)(C)O[C@@H]21. The molecule has 7 atom stereocenters. The van der Waals surface area contributed by atoms with E-state index < -0.39 is 53.8 Å². The minimum Gasteiger partial charge on any atom is -0.444 e. The van der Waals surface area contributed by atoms with Gasteiger partial charge >= 0.3 is 6.09 Å². The fourth-order valence-electron chi connectivity index (χ4n) is 6.07. The highest BCUT2D eigenvalue weighted by atomic mass is 16.8. The van der Waals surface area contributed by atoms with Gasteiger partial charge in [0.05, 0.1) is 18.3 Å². The molecule has 2 aromatic heterocycles. The number of rotatable bonds is 9. The van der Waals surface area contributed by atoms with Crippen LogP contribution in [0.1, 0.15) is 64.5 Å². The molecule has 47 heavy (non-hydrogen) atoms. The summed E-state index contributed by atoms with van der Waals surface area (Å²) in [5, 5.41) is 20.8. The second kappa shape index (κ2) is 12.1. The first-order valence-corrected chi connectivity index (χ1v) is 15.6. The van der Waals surface area contributed by atoms with Crippen LogP contribution in [0.5, 0.6) is 0 Å². The maximum absolute atomic E-state index is 12.9. The minimum atomic E-state index is -1.64. The summed E-state index contributed by atoms with van der Waals surface area (Å²) in [5.41, 5.74) is -0.965. The fraction of sp³-hybridized carbons (Fsp3) is 0.545. The van der Waals surface area contributed by atoms with Crippen LogP contribution in [0.4, 0.5) is 10.6 Å². The number of anilines is 1. The standard InChI is InChI=1S/C33H40N6O8/c1-18(2)23(37-30(41)47-31(3,4)5)25-29(43-25)42-15-21-24-26(46-32(6,7)45-24)33(16-34,44-21)22-14-13-20-27(35-17-36-39(20)22)38-28(40)19-11-9-8-10-12-19/h8-14,17-18,21,23-26,29H,15H2,1-7H3,(H,37,41)(H,35,36,38,40)/t21-,23+,24-,25?,26-,29?,33+/m1/s1. The predicted octanol–water partition coefficient (Wildman–Crippen LogP) is 3.91. The second-order valence-electron chi connectivity index (χ2n) is 13.7. The van der Waals surface area contributed by atoms with Gasteiger partial charge in [0, 0.05) is 5.56 Å². The van der Waals surface area contributed by atoms with Crippen molar-refractivity contribution in [3.05, 3.63) is 60.0 Å². The Morgan fingerprint density at radius 2 is 1.85 bits per heavy atom. The number of nitrogens with one attached hydrogen (secondary N) is 2. The molecule has 2 amide bonds. The monoisotopic (exact) mass is 648 g/mol. The summed E-state index contributed by atoms with van der Waals surface area (Å²) in [4.78, 5) is 29.7. The number of carbonyl (C=O) groups is 2. The summed E-state index contributed by atoms with van der Waals surface area (Å²) >= 11 is 0. The quantitative estimate of drug-likeness (QED) is 0.323. The van der Waals surface area contributed by atoms with Gasteiger partial charge in [-0.25, -0.2) is 14.3 Å². The zero-order valence-corrected chi connectivity index (χ0v) is 27.4. The Morgan fingerprint density at radius 1 is 1.11 bits per heavy atom. The van der Waals surface area contributed by atoms with Crippen LogP contribution in [-0.4, -0.2) is 81.3 Å². The first-order chi connectivity index (χ1) is 22.2. The van der Waals surface area contributed by atoms with E-state index in [0.717, 1.165) is 0 Å². The van der Waals surface area contributed by atoms with E-state index in [1.54, 1.807) is 71.0 Å². The molecule has 2 unspecified atom stereocenters. The van der Waals surface area contributed by atoms with Gasteiger partial charge in [0.15, 0.2) is 17.9 Å². The van der Waals surface area contributed by atoms with E-state index in [9.17, 15) is 14.9 Å². The molecule has 3 aliphatic heterocycles.